The van der Waals surface area contributed by atoms with Crippen LogP contribution in [0.5, 0.6) is 0 Å². The molecule has 0 N–H and O–H groups in total. The van der Waals surface area contributed by atoms with E-state index in [-0.39, 0.29) is 5.56 Å². The maximum absolute atomic E-state index is 13.2. The third-order valence-corrected chi connectivity index (χ3v) is 6.79. The van der Waals surface area contributed by atoms with Gasteiger partial charge in [-0.1, -0.05) is 12.5 Å². The van der Waals surface area contributed by atoms with Gasteiger partial charge in [0.25, 0.3) is 5.56 Å². The first-order chi connectivity index (χ1) is 12.4. The number of hydrogen-bond acceptors (Lipinski definition) is 4. The summed E-state index contributed by atoms with van der Waals surface area (Å²) in [5.74, 6) is 0.550. The highest BCUT2D eigenvalue weighted by Gasteiger charge is 2.28. The van der Waals surface area contributed by atoms with Gasteiger partial charge in [-0.3, -0.25) is 9.78 Å². The first kappa shape index (κ1) is 17.4. The highest BCUT2D eigenvalue weighted by Crippen LogP contribution is 2.30. The normalized spacial score (nSPS) is 18.3. The summed E-state index contributed by atoms with van der Waals surface area (Å²) in [6.45, 7) is 1.49. The Morgan fingerprint density at radius 2 is 2.12 bits per heavy atom. The zero-order valence-corrected chi connectivity index (χ0v) is 15.7. The molecule has 1 saturated carbocycles. The van der Waals surface area contributed by atoms with Gasteiger partial charge in [-0.2, -0.15) is 4.31 Å². The van der Waals surface area contributed by atoms with E-state index >= 15 is 0 Å². The predicted molar refractivity (Wildman–Crippen MR) is 100 cm³/mol. The van der Waals surface area contributed by atoms with Crippen molar-refractivity contribution in [2.75, 3.05) is 12.8 Å². The van der Waals surface area contributed by atoms with E-state index in [2.05, 4.69) is 4.98 Å². The van der Waals surface area contributed by atoms with Gasteiger partial charge in [0.1, 0.15) is 0 Å². The van der Waals surface area contributed by atoms with Crippen molar-refractivity contribution in [2.24, 2.45) is 5.92 Å². The second kappa shape index (κ2) is 6.63. The lowest BCUT2D eigenvalue weighted by molar-refractivity contribution is 0.267. The van der Waals surface area contributed by atoms with E-state index in [4.69, 9.17) is 0 Å². The fourth-order valence-corrected chi connectivity index (χ4v) is 4.63. The van der Waals surface area contributed by atoms with E-state index in [0.717, 1.165) is 36.2 Å². The summed E-state index contributed by atoms with van der Waals surface area (Å²) >= 11 is 0. The van der Waals surface area contributed by atoms with Crippen molar-refractivity contribution < 1.29 is 8.42 Å². The third-order valence-electron chi connectivity index (χ3n) is 5.54. The largest absolute Gasteiger partial charge is 0.311 e. The van der Waals surface area contributed by atoms with Crippen molar-refractivity contribution in [2.45, 2.75) is 38.8 Å². The van der Waals surface area contributed by atoms with Gasteiger partial charge in [0, 0.05) is 55.3 Å². The molecule has 2 aromatic rings. The SMILES string of the molecule is CS(=O)(=O)N1CCc2c(cc(-c3cccnc3)c(=O)n2CC2CCC2)C1. The maximum atomic E-state index is 13.2. The summed E-state index contributed by atoms with van der Waals surface area (Å²) in [7, 11) is -3.25. The van der Waals surface area contributed by atoms with Crippen LogP contribution in [0.1, 0.15) is 30.5 Å². The minimum atomic E-state index is -3.25. The van der Waals surface area contributed by atoms with Gasteiger partial charge in [0.2, 0.25) is 10.0 Å². The van der Waals surface area contributed by atoms with Crippen LogP contribution in [0.15, 0.2) is 35.4 Å². The molecule has 138 valence electrons. The van der Waals surface area contributed by atoms with Crippen molar-refractivity contribution >= 4 is 10.0 Å². The molecule has 2 aromatic heterocycles. The van der Waals surface area contributed by atoms with Gasteiger partial charge in [-0.25, -0.2) is 8.42 Å². The molecule has 0 radical (unpaired) electrons. The number of aromatic nitrogens is 2. The summed E-state index contributed by atoms with van der Waals surface area (Å²) in [6, 6.07) is 5.55. The van der Waals surface area contributed by atoms with E-state index in [9.17, 15) is 13.2 Å². The Labute approximate surface area is 153 Å². The van der Waals surface area contributed by atoms with E-state index in [1.807, 2.05) is 22.8 Å². The zero-order chi connectivity index (χ0) is 18.3. The smallest absolute Gasteiger partial charge is 0.258 e. The van der Waals surface area contributed by atoms with Gasteiger partial charge in [0.15, 0.2) is 0 Å². The Kier molecular flexibility index (Phi) is 4.44. The van der Waals surface area contributed by atoms with Crippen molar-refractivity contribution in [3.05, 3.63) is 52.2 Å². The van der Waals surface area contributed by atoms with Crippen LogP contribution in [0.3, 0.4) is 0 Å². The van der Waals surface area contributed by atoms with Crippen LogP contribution in [0, 0.1) is 5.92 Å². The summed E-state index contributed by atoms with van der Waals surface area (Å²) < 4.78 is 27.4. The standard InChI is InChI=1S/C19H23N3O3S/c1-26(24,25)21-9-7-18-16(13-21)10-17(15-6-3-8-20-11-15)19(23)22(18)12-14-4-2-5-14/h3,6,8,10-11,14H,2,4-5,7,9,12-13H2,1H3. The molecule has 1 aliphatic heterocycles. The first-order valence-corrected chi connectivity index (χ1v) is 10.9. The molecule has 0 aromatic carbocycles. The lowest BCUT2D eigenvalue weighted by atomic mass is 9.85. The molecule has 0 atom stereocenters. The molecule has 26 heavy (non-hydrogen) atoms. The molecule has 7 heteroatoms. The summed E-state index contributed by atoms with van der Waals surface area (Å²) in [5.41, 5.74) is 3.32. The minimum absolute atomic E-state index is 0.0106. The molecular formula is C19H23N3O3S. The molecular weight excluding hydrogens is 350 g/mol. The van der Waals surface area contributed by atoms with Crippen molar-refractivity contribution in [3.8, 4) is 11.1 Å². The summed E-state index contributed by atoms with van der Waals surface area (Å²) in [5, 5.41) is 0. The van der Waals surface area contributed by atoms with Gasteiger partial charge in [-0.15, -0.1) is 0 Å². The van der Waals surface area contributed by atoms with E-state index in [0.29, 0.717) is 31.0 Å². The van der Waals surface area contributed by atoms with Crippen LogP contribution >= 0.6 is 0 Å². The average molecular weight is 373 g/mol. The third kappa shape index (κ3) is 3.21. The van der Waals surface area contributed by atoms with Crippen LogP contribution in [-0.2, 0) is 29.5 Å². The van der Waals surface area contributed by atoms with Gasteiger partial charge in [0.05, 0.1) is 6.26 Å². The van der Waals surface area contributed by atoms with Crippen LogP contribution in [0.25, 0.3) is 11.1 Å². The molecule has 2 aliphatic rings. The molecule has 1 aliphatic carbocycles. The molecule has 0 bridgehead atoms. The molecule has 6 nitrogen and oxygen atoms in total. The lowest BCUT2D eigenvalue weighted by Gasteiger charge is -2.32. The van der Waals surface area contributed by atoms with Crippen molar-refractivity contribution in [3.63, 3.8) is 0 Å². The molecule has 4 rings (SSSR count). The Bertz CT molecular complexity index is 979. The monoisotopic (exact) mass is 373 g/mol. The number of sulfonamides is 1. The number of rotatable bonds is 4. The number of hydrogen-bond donors (Lipinski definition) is 0. The zero-order valence-electron chi connectivity index (χ0n) is 14.9. The molecule has 0 spiro atoms. The Hall–Kier alpha value is -1.99. The minimum Gasteiger partial charge on any atom is -0.311 e. The number of pyridine rings is 2. The average Bonchev–Trinajstić information content (AvgIpc) is 2.58. The fraction of sp³-hybridized carbons (Fsp3) is 0.474. The second-order valence-electron chi connectivity index (χ2n) is 7.33. The predicted octanol–water partition coefficient (Wildman–Crippen LogP) is 2.03. The molecule has 0 saturated heterocycles. The van der Waals surface area contributed by atoms with Crippen LogP contribution in [0.4, 0.5) is 0 Å². The quantitative estimate of drug-likeness (QED) is 0.822. The highest BCUT2D eigenvalue weighted by molar-refractivity contribution is 7.88. The fourth-order valence-electron chi connectivity index (χ4n) is 3.83. The van der Waals surface area contributed by atoms with Crippen molar-refractivity contribution in [1.29, 1.82) is 0 Å². The van der Waals surface area contributed by atoms with E-state index in [1.54, 1.807) is 12.4 Å². The van der Waals surface area contributed by atoms with E-state index in [1.165, 1.54) is 17.0 Å². The Morgan fingerprint density at radius 1 is 1.31 bits per heavy atom. The van der Waals surface area contributed by atoms with Crippen molar-refractivity contribution in [1.82, 2.24) is 13.9 Å². The number of fused-ring (bicyclic) bond motifs is 1. The highest BCUT2D eigenvalue weighted by atomic mass is 32.2. The Morgan fingerprint density at radius 3 is 2.73 bits per heavy atom. The molecule has 0 amide bonds. The molecule has 1 fully saturated rings. The molecule has 3 heterocycles. The van der Waals surface area contributed by atoms with Crippen LogP contribution < -0.4 is 5.56 Å². The second-order valence-corrected chi connectivity index (χ2v) is 9.31. The van der Waals surface area contributed by atoms with Gasteiger partial charge in [-0.05, 0) is 36.5 Å². The first-order valence-electron chi connectivity index (χ1n) is 9.04. The molecule has 0 unspecified atom stereocenters. The topological polar surface area (TPSA) is 72.3 Å². The van der Waals surface area contributed by atoms with Gasteiger partial charge >= 0.3 is 0 Å². The van der Waals surface area contributed by atoms with Gasteiger partial charge < -0.3 is 4.57 Å². The van der Waals surface area contributed by atoms with Crippen LogP contribution in [0.2, 0.25) is 0 Å². The summed E-state index contributed by atoms with van der Waals surface area (Å²) in [4.78, 5) is 17.3. The maximum Gasteiger partial charge on any atom is 0.258 e. The van der Waals surface area contributed by atoms with Crippen LogP contribution in [-0.4, -0.2) is 35.1 Å². The lowest BCUT2D eigenvalue weighted by Crippen LogP contribution is -2.40. The Balaban J connectivity index is 1.84. The summed E-state index contributed by atoms with van der Waals surface area (Å²) in [6.07, 6.45) is 8.74. The van der Waals surface area contributed by atoms with E-state index < -0.39 is 10.0 Å². The number of nitrogens with zero attached hydrogens (tertiary/aromatic N) is 3.